The van der Waals surface area contributed by atoms with Crippen LogP contribution in [0.5, 0.6) is 0 Å². The number of aliphatic carboxylic acids is 1. The molecule has 0 spiro atoms. The first-order valence-electron chi connectivity index (χ1n) is 7.73. The maximum atomic E-state index is 11.4. The molecule has 116 valence electrons. The molecule has 2 heterocycles. The Labute approximate surface area is 135 Å². The van der Waals surface area contributed by atoms with Crippen LogP contribution in [0.25, 0.3) is 0 Å². The lowest BCUT2D eigenvalue weighted by molar-refractivity contribution is -0.143. The molecule has 1 aliphatic rings. The molecule has 0 radical (unpaired) electrons. The van der Waals surface area contributed by atoms with E-state index >= 15 is 0 Å². The van der Waals surface area contributed by atoms with E-state index in [4.69, 9.17) is 0 Å². The molecule has 1 aromatic carbocycles. The Hall–Kier alpha value is -1.65. The van der Waals surface area contributed by atoms with E-state index in [1.165, 1.54) is 15.3 Å². The fourth-order valence-corrected chi connectivity index (χ4v) is 4.27. The van der Waals surface area contributed by atoms with Crippen LogP contribution in [0.4, 0.5) is 0 Å². The first kappa shape index (κ1) is 15.3. The van der Waals surface area contributed by atoms with Crippen LogP contribution in [0, 0.1) is 12.8 Å². The molecule has 2 unspecified atom stereocenters. The van der Waals surface area contributed by atoms with E-state index in [0.29, 0.717) is 6.54 Å². The predicted molar refractivity (Wildman–Crippen MR) is 89.3 cm³/mol. The summed E-state index contributed by atoms with van der Waals surface area (Å²) in [7, 11) is 0. The maximum absolute atomic E-state index is 11.4. The largest absolute Gasteiger partial charge is 0.481 e. The van der Waals surface area contributed by atoms with Gasteiger partial charge in [0.25, 0.3) is 0 Å². The summed E-state index contributed by atoms with van der Waals surface area (Å²) in [5, 5.41) is 9.36. The minimum absolute atomic E-state index is 0.169. The number of rotatable bonds is 4. The zero-order valence-corrected chi connectivity index (χ0v) is 13.6. The fraction of sp³-hybridized carbons (Fsp3) is 0.389. The molecule has 3 rings (SSSR count). The zero-order chi connectivity index (χ0) is 15.5. The van der Waals surface area contributed by atoms with E-state index in [2.05, 4.69) is 48.2 Å². The van der Waals surface area contributed by atoms with Gasteiger partial charge < -0.3 is 5.11 Å². The number of carboxylic acids is 1. The second-order valence-corrected chi connectivity index (χ2v) is 7.25. The second-order valence-electron chi connectivity index (χ2n) is 5.93. The van der Waals surface area contributed by atoms with Crippen molar-refractivity contribution in [2.75, 3.05) is 13.1 Å². The van der Waals surface area contributed by atoms with Crippen molar-refractivity contribution >= 4 is 17.3 Å². The standard InChI is InChI=1S/C18H21NO2S/c1-13-9-10-16(22-13)17(14-6-3-2-4-7-14)19-11-5-8-15(12-19)18(20)21/h2-4,6-7,9-10,15,17H,5,8,11-12H2,1H3,(H,20,21). The number of carboxylic acid groups (broad SMARTS) is 1. The van der Waals surface area contributed by atoms with E-state index in [9.17, 15) is 9.90 Å². The van der Waals surface area contributed by atoms with Crippen molar-refractivity contribution < 1.29 is 9.90 Å². The molecule has 1 N–H and O–H groups in total. The van der Waals surface area contributed by atoms with Gasteiger partial charge in [0.1, 0.15) is 0 Å². The second kappa shape index (κ2) is 6.63. The normalized spacial score (nSPS) is 20.7. The van der Waals surface area contributed by atoms with Gasteiger partial charge in [0, 0.05) is 16.3 Å². The Morgan fingerprint density at radius 3 is 2.68 bits per heavy atom. The van der Waals surface area contributed by atoms with Crippen molar-refractivity contribution in [3.05, 3.63) is 57.8 Å². The molecule has 2 aromatic rings. The average molecular weight is 315 g/mol. The number of carbonyl (C=O) groups is 1. The van der Waals surface area contributed by atoms with Crippen molar-refractivity contribution in [2.24, 2.45) is 5.92 Å². The van der Waals surface area contributed by atoms with E-state index in [1.807, 2.05) is 6.07 Å². The number of benzene rings is 1. The Balaban J connectivity index is 1.93. The SMILES string of the molecule is Cc1ccc(C(c2ccccc2)N2CCCC(C(=O)O)C2)s1. The average Bonchev–Trinajstić information content (AvgIpc) is 2.95. The summed E-state index contributed by atoms with van der Waals surface area (Å²) in [6.45, 7) is 3.71. The first-order valence-corrected chi connectivity index (χ1v) is 8.55. The van der Waals surface area contributed by atoms with Gasteiger partial charge in [-0.3, -0.25) is 9.69 Å². The van der Waals surface area contributed by atoms with Gasteiger partial charge in [-0.05, 0) is 44.0 Å². The lowest BCUT2D eigenvalue weighted by Crippen LogP contribution is -2.41. The highest BCUT2D eigenvalue weighted by Crippen LogP contribution is 2.35. The summed E-state index contributed by atoms with van der Waals surface area (Å²) in [5.41, 5.74) is 1.25. The van der Waals surface area contributed by atoms with Crippen molar-refractivity contribution in [1.29, 1.82) is 0 Å². The molecule has 1 fully saturated rings. The van der Waals surface area contributed by atoms with Crippen LogP contribution in [-0.2, 0) is 4.79 Å². The van der Waals surface area contributed by atoms with Gasteiger partial charge >= 0.3 is 5.97 Å². The smallest absolute Gasteiger partial charge is 0.307 e. The highest BCUT2D eigenvalue weighted by molar-refractivity contribution is 7.12. The van der Waals surface area contributed by atoms with Gasteiger partial charge in [0.15, 0.2) is 0 Å². The summed E-state index contributed by atoms with van der Waals surface area (Å²) in [5.74, 6) is -0.917. The van der Waals surface area contributed by atoms with Gasteiger partial charge in [0.05, 0.1) is 12.0 Å². The molecule has 1 aliphatic heterocycles. The lowest BCUT2D eigenvalue weighted by Gasteiger charge is -2.37. The number of nitrogens with zero attached hydrogens (tertiary/aromatic N) is 1. The maximum Gasteiger partial charge on any atom is 0.307 e. The first-order chi connectivity index (χ1) is 10.6. The zero-order valence-electron chi connectivity index (χ0n) is 12.7. The number of thiophene rings is 1. The summed E-state index contributed by atoms with van der Waals surface area (Å²) in [4.78, 5) is 16.3. The van der Waals surface area contributed by atoms with Crippen LogP contribution in [0.1, 0.15) is 34.2 Å². The molecule has 0 aliphatic carbocycles. The van der Waals surface area contributed by atoms with Crippen molar-refractivity contribution in [3.8, 4) is 0 Å². The van der Waals surface area contributed by atoms with Gasteiger partial charge in [-0.15, -0.1) is 11.3 Å². The number of hydrogen-bond acceptors (Lipinski definition) is 3. The van der Waals surface area contributed by atoms with Crippen molar-refractivity contribution in [3.63, 3.8) is 0 Å². The number of piperidine rings is 1. The van der Waals surface area contributed by atoms with Crippen molar-refractivity contribution in [2.45, 2.75) is 25.8 Å². The highest BCUT2D eigenvalue weighted by Gasteiger charge is 2.31. The molecule has 1 saturated heterocycles. The number of hydrogen-bond donors (Lipinski definition) is 1. The Kier molecular flexibility index (Phi) is 4.60. The predicted octanol–water partition coefficient (Wildman–Crippen LogP) is 3.94. The Morgan fingerprint density at radius 2 is 2.05 bits per heavy atom. The molecule has 0 saturated carbocycles. The fourth-order valence-electron chi connectivity index (χ4n) is 3.23. The van der Waals surface area contributed by atoms with Gasteiger partial charge in [0.2, 0.25) is 0 Å². The third-order valence-corrected chi connectivity index (χ3v) is 5.37. The van der Waals surface area contributed by atoms with Crippen LogP contribution in [0.3, 0.4) is 0 Å². The molecule has 0 bridgehead atoms. The quantitative estimate of drug-likeness (QED) is 0.929. The summed E-state index contributed by atoms with van der Waals surface area (Å²) in [6.07, 6.45) is 1.74. The highest BCUT2D eigenvalue weighted by atomic mass is 32.1. The van der Waals surface area contributed by atoms with Gasteiger partial charge in [-0.1, -0.05) is 30.3 Å². The summed E-state index contributed by atoms with van der Waals surface area (Å²) >= 11 is 1.80. The molecule has 4 heteroatoms. The summed E-state index contributed by atoms with van der Waals surface area (Å²) < 4.78 is 0. The molecular weight excluding hydrogens is 294 g/mol. The summed E-state index contributed by atoms with van der Waals surface area (Å²) in [6, 6.07) is 14.9. The Bertz CT molecular complexity index is 638. The third kappa shape index (κ3) is 3.23. The monoisotopic (exact) mass is 315 g/mol. The molecule has 22 heavy (non-hydrogen) atoms. The van der Waals surface area contributed by atoms with Crippen molar-refractivity contribution in [1.82, 2.24) is 4.90 Å². The van der Waals surface area contributed by atoms with E-state index in [-0.39, 0.29) is 12.0 Å². The minimum atomic E-state index is -0.668. The van der Waals surface area contributed by atoms with Gasteiger partial charge in [-0.25, -0.2) is 0 Å². The number of aryl methyl sites for hydroxylation is 1. The number of likely N-dealkylation sites (tertiary alicyclic amines) is 1. The Morgan fingerprint density at radius 1 is 1.27 bits per heavy atom. The third-order valence-electron chi connectivity index (χ3n) is 4.31. The molecule has 0 amide bonds. The van der Waals surface area contributed by atoms with E-state index in [0.717, 1.165) is 19.4 Å². The van der Waals surface area contributed by atoms with Crippen LogP contribution < -0.4 is 0 Å². The lowest BCUT2D eigenvalue weighted by atomic mass is 9.94. The topological polar surface area (TPSA) is 40.5 Å². The van der Waals surface area contributed by atoms with Gasteiger partial charge in [-0.2, -0.15) is 0 Å². The molecule has 3 nitrogen and oxygen atoms in total. The molecular formula is C18H21NO2S. The van der Waals surface area contributed by atoms with Crippen LogP contribution in [-0.4, -0.2) is 29.1 Å². The minimum Gasteiger partial charge on any atom is -0.481 e. The molecule has 2 atom stereocenters. The van der Waals surface area contributed by atoms with Crippen LogP contribution in [0.2, 0.25) is 0 Å². The van der Waals surface area contributed by atoms with E-state index < -0.39 is 5.97 Å². The van der Waals surface area contributed by atoms with Crippen LogP contribution >= 0.6 is 11.3 Å². The molecule has 1 aromatic heterocycles. The van der Waals surface area contributed by atoms with Crippen LogP contribution in [0.15, 0.2) is 42.5 Å². The van der Waals surface area contributed by atoms with E-state index in [1.54, 1.807) is 11.3 Å².